The molecule has 0 aromatic heterocycles. The Balaban J connectivity index is 2.01. The Labute approximate surface area is 93.7 Å². The van der Waals surface area contributed by atoms with Gasteiger partial charge in [0, 0.05) is 5.92 Å². The van der Waals surface area contributed by atoms with E-state index in [4.69, 9.17) is 9.47 Å². The molecule has 0 N–H and O–H groups in total. The molecule has 1 saturated heterocycles. The summed E-state index contributed by atoms with van der Waals surface area (Å²) in [5, 5.41) is 0. The fourth-order valence-electron chi connectivity index (χ4n) is 2.58. The molecule has 3 nitrogen and oxygen atoms in total. The summed E-state index contributed by atoms with van der Waals surface area (Å²) in [5.74, 6) is 0.174. The fraction of sp³-hybridized carbons (Fsp3) is 0.308. The molecule has 82 valence electrons. The number of carbonyl (C=O) groups is 1. The summed E-state index contributed by atoms with van der Waals surface area (Å²) in [7, 11) is 0. The van der Waals surface area contributed by atoms with Gasteiger partial charge in [0.05, 0.1) is 0 Å². The maximum Gasteiger partial charge on any atom is 0.509 e. The quantitative estimate of drug-likeness (QED) is 0.534. The molecule has 0 amide bonds. The van der Waals surface area contributed by atoms with Gasteiger partial charge in [-0.3, -0.25) is 0 Å². The van der Waals surface area contributed by atoms with E-state index in [1.165, 1.54) is 5.56 Å². The topological polar surface area (TPSA) is 35.5 Å². The minimum Gasteiger partial charge on any atom is -0.426 e. The van der Waals surface area contributed by atoms with Gasteiger partial charge in [-0.2, -0.15) is 0 Å². The van der Waals surface area contributed by atoms with Gasteiger partial charge in [0.25, 0.3) is 0 Å². The van der Waals surface area contributed by atoms with Crippen LogP contribution in [0, 0.1) is 5.92 Å². The lowest BCUT2D eigenvalue weighted by molar-refractivity contribution is -0.0789. The van der Waals surface area contributed by atoms with E-state index in [-0.39, 0.29) is 18.1 Å². The van der Waals surface area contributed by atoms with Crippen molar-refractivity contribution < 1.29 is 14.3 Å². The van der Waals surface area contributed by atoms with Gasteiger partial charge in [-0.25, -0.2) is 4.79 Å². The number of cyclic esters (lactones) is 1. The monoisotopic (exact) mass is 216 g/mol. The highest BCUT2D eigenvalue weighted by Crippen LogP contribution is 2.44. The normalized spacial score (nSPS) is 31.0. The van der Waals surface area contributed by atoms with Gasteiger partial charge in [-0.15, -0.1) is 0 Å². The van der Waals surface area contributed by atoms with Crippen LogP contribution in [0.1, 0.15) is 17.2 Å². The number of ether oxygens (including phenoxy) is 2. The summed E-state index contributed by atoms with van der Waals surface area (Å²) >= 11 is 0. The van der Waals surface area contributed by atoms with Crippen molar-refractivity contribution in [2.24, 2.45) is 5.92 Å². The molecule has 0 unspecified atom stereocenters. The van der Waals surface area contributed by atoms with Crippen molar-refractivity contribution in [3.8, 4) is 0 Å². The van der Waals surface area contributed by atoms with Crippen molar-refractivity contribution in [3.63, 3.8) is 0 Å². The number of hydrogen-bond acceptors (Lipinski definition) is 3. The third-order valence-electron chi connectivity index (χ3n) is 3.32. The molecule has 0 spiro atoms. The first-order chi connectivity index (χ1) is 7.79. The molecule has 0 radical (unpaired) electrons. The van der Waals surface area contributed by atoms with Crippen molar-refractivity contribution in [1.82, 2.24) is 0 Å². The van der Waals surface area contributed by atoms with Crippen LogP contribution < -0.4 is 0 Å². The first-order valence-corrected chi connectivity index (χ1v) is 5.37. The van der Waals surface area contributed by atoms with Crippen LogP contribution in [0.4, 0.5) is 4.79 Å². The Kier molecular flexibility index (Phi) is 1.99. The van der Waals surface area contributed by atoms with Crippen LogP contribution in [-0.2, 0) is 15.9 Å². The Morgan fingerprint density at radius 1 is 1.31 bits per heavy atom. The van der Waals surface area contributed by atoms with Gasteiger partial charge in [-0.1, -0.05) is 36.9 Å². The minimum atomic E-state index is -0.595. The molecule has 2 aliphatic rings. The predicted molar refractivity (Wildman–Crippen MR) is 57.9 cm³/mol. The lowest BCUT2D eigenvalue weighted by atomic mass is 9.95. The van der Waals surface area contributed by atoms with Crippen molar-refractivity contribution in [1.29, 1.82) is 0 Å². The SMILES string of the molecule is C=C[C@H]1OC(=O)O[C@H]2c3ccccc3C[C@@H]12. The molecule has 1 aromatic carbocycles. The van der Waals surface area contributed by atoms with E-state index < -0.39 is 6.16 Å². The maximum atomic E-state index is 11.3. The first kappa shape index (κ1) is 9.46. The average Bonchev–Trinajstić information content (AvgIpc) is 2.67. The molecule has 3 rings (SSSR count). The molecule has 16 heavy (non-hydrogen) atoms. The predicted octanol–water partition coefficient (Wildman–Crippen LogP) is 2.62. The van der Waals surface area contributed by atoms with Crippen molar-refractivity contribution in [2.45, 2.75) is 18.6 Å². The summed E-state index contributed by atoms with van der Waals surface area (Å²) in [6.45, 7) is 3.71. The smallest absolute Gasteiger partial charge is 0.426 e. The van der Waals surface area contributed by atoms with Gasteiger partial charge < -0.3 is 9.47 Å². The van der Waals surface area contributed by atoms with Crippen LogP contribution in [0.15, 0.2) is 36.9 Å². The fourth-order valence-corrected chi connectivity index (χ4v) is 2.58. The molecule has 1 aliphatic carbocycles. The maximum absolute atomic E-state index is 11.3. The van der Waals surface area contributed by atoms with Crippen molar-refractivity contribution >= 4 is 6.16 Å². The highest BCUT2D eigenvalue weighted by molar-refractivity contribution is 5.63. The third kappa shape index (κ3) is 1.24. The van der Waals surface area contributed by atoms with E-state index in [1.54, 1.807) is 6.08 Å². The van der Waals surface area contributed by atoms with E-state index in [2.05, 4.69) is 12.6 Å². The summed E-state index contributed by atoms with van der Waals surface area (Å²) in [6, 6.07) is 8.05. The van der Waals surface area contributed by atoms with Crippen LogP contribution >= 0.6 is 0 Å². The van der Waals surface area contributed by atoms with Crippen molar-refractivity contribution in [2.75, 3.05) is 0 Å². The standard InChI is InChI=1S/C13H12O3/c1-2-11-10-7-8-5-3-4-6-9(8)12(10)16-13(14)15-11/h2-6,10-12H,1,7H2/t10-,11+,12-/m0/s1. The summed E-state index contributed by atoms with van der Waals surface area (Å²) in [6.07, 6.45) is 1.57. The Hall–Kier alpha value is -1.77. The van der Waals surface area contributed by atoms with E-state index in [1.807, 2.05) is 18.2 Å². The minimum absolute atomic E-state index is 0.166. The number of benzene rings is 1. The van der Waals surface area contributed by atoms with E-state index in [0.29, 0.717) is 0 Å². The Bertz CT molecular complexity index is 452. The van der Waals surface area contributed by atoms with Gasteiger partial charge in [0.2, 0.25) is 0 Å². The molecule has 1 fully saturated rings. The lowest BCUT2D eigenvalue weighted by Gasteiger charge is -2.31. The van der Waals surface area contributed by atoms with Crippen molar-refractivity contribution in [3.05, 3.63) is 48.0 Å². The second-order valence-corrected chi connectivity index (χ2v) is 4.17. The van der Waals surface area contributed by atoms with Gasteiger partial charge >= 0.3 is 6.16 Å². The third-order valence-corrected chi connectivity index (χ3v) is 3.32. The molecule has 0 saturated carbocycles. The van der Waals surface area contributed by atoms with Crippen LogP contribution in [0.3, 0.4) is 0 Å². The molecular formula is C13H12O3. The molecular weight excluding hydrogens is 204 g/mol. The van der Waals surface area contributed by atoms with E-state index in [0.717, 1.165) is 12.0 Å². The molecule has 1 heterocycles. The molecule has 3 atom stereocenters. The number of carbonyl (C=O) groups excluding carboxylic acids is 1. The first-order valence-electron chi connectivity index (χ1n) is 5.37. The Morgan fingerprint density at radius 2 is 2.12 bits per heavy atom. The molecule has 3 heteroatoms. The zero-order chi connectivity index (χ0) is 11.1. The molecule has 1 aromatic rings. The highest BCUT2D eigenvalue weighted by Gasteiger charge is 2.44. The lowest BCUT2D eigenvalue weighted by Crippen LogP contribution is -2.36. The summed E-state index contributed by atoms with van der Waals surface area (Å²) in [5.41, 5.74) is 2.35. The Morgan fingerprint density at radius 3 is 2.94 bits per heavy atom. The zero-order valence-electron chi connectivity index (χ0n) is 8.76. The molecule has 1 aliphatic heterocycles. The van der Waals surface area contributed by atoms with Crippen LogP contribution in [0.25, 0.3) is 0 Å². The van der Waals surface area contributed by atoms with E-state index in [9.17, 15) is 4.79 Å². The summed E-state index contributed by atoms with van der Waals surface area (Å²) < 4.78 is 10.4. The van der Waals surface area contributed by atoms with E-state index >= 15 is 0 Å². The van der Waals surface area contributed by atoms with Crippen LogP contribution in [0.2, 0.25) is 0 Å². The number of hydrogen-bond donors (Lipinski definition) is 0. The molecule has 0 bridgehead atoms. The largest absolute Gasteiger partial charge is 0.509 e. The van der Waals surface area contributed by atoms with Gasteiger partial charge in [0.15, 0.2) is 0 Å². The van der Waals surface area contributed by atoms with Gasteiger partial charge in [0.1, 0.15) is 12.2 Å². The van der Waals surface area contributed by atoms with Crippen LogP contribution in [0.5, 0.6) is 0 Å². The number of rotatable bonds is 1. The second kappa shape index (κ2) is 3.37. The number of fused-ring (bicyclic) bond motifs is 3. The second-order valence-electron chi connectivity index (χ2n) is 4.17. The average molecular weight is 216 g/mol. The van der Waals surface area contributed by atoms with Crippen LogP contribution in [-0.4, -0.2) is 12.3 Å². The van der Waals surface area contributed by atoms with Gasteiger partial charge in [-0.05, 0) is 17.5 Å². The zero-order valence-corrected chi connectivity index (χ0v) is 8.76. The summed E-state index contributed by atoms with van der Waals surface area (Å²) in [4.78, 5) is 11.3. The highest BCUT2D eigenvalue weighted by atomic mass is 16.7.